The van der Waals surface area contributed by atoms with E-state index in [1.165, 1.54) is 32.1 Å². The fourth-order valence-electron chi connectivity index (χ4n) is 2.68. The molecule has 1 aliphatic rings. The van der Waals surface area contributed by atoms with E-state index in [0.29, 0.717) is 0 Å². The third-order valence-corrected chi connectivity index (χ3v) is 5.02. The Labute approximate surface area is 132 Å². The lowest BCUT2D eigenvalue weighted by Gasteiger charge is -2.23. The molecule has 0 heterocycles. The summed E-state index contributed by atoms with van der Waals surface area (Å²) in [5.74, 6) is -0.00231. The molecule has 0 aliphatic heterocycles. The first-order valence-electron chi connectivity index (χ1n) is 7.36. The Balaban J connectivity index is 0.000000220. The lowest BCUT2D eigenvalue weighted by molar-refractivity contribution is -0.152. The molecule has 0 bridgehead atoms. The molecule has 1 saturated carbocycles. The van der Waals surface area contributed by atoms with E-state index in [9.17, 15) is 17.8 Å². The summed E-state index contributed by atoms with van der Waals surface area (Å²) in [6.45, 7) is 3.89. The normalized spacial score (nSPS) is 16.5. The Hall–Kier alpha value is -1.40. The van der Waals surface area contributed by atoms with Crippen molar-refractivity contribution >= 4 is 16.1 Å². The Morgan fingerprint density at radius 1 is 1.23 bits per heavy atom. The van der Waals surface area contributed by atoms with Crippen LogP contribution >= 0.6 is 0 Å². The predicted molar refractivity (Wildman–Crippen MR) is 82.4 cm³/mol. The van der Waals surface area contributed by atoms with Gasteiger partial charge in [-0.25, -0.2) is 8.42 Å². The summed E-state index contributed by atoms with van der Waals surface area (Å²) >= 11 is 0. The van der Waals surface area contributed by atoms with Crippen molar-refractivity contribution in [3.8, 4) is 0 Å². The van der Waals surface area contributed by atoms with Gasteiger partial charge in [-0.3, -0.25) is 4.79 Å². The second-order valence-corrected chi connectivity index (χ2v) is 6.98. The second-order valence-electron chi connectivity index (χ2n) is 5.60. The van der Waals surface area contributed by atoms with Gasteiger partial charge in [0.25, 0.3) is 0 Å². The molecule has 0 amide bonds. The van der Waals surface area contributed by atoms with E-state index >= 15 is 0 Å². The average molecular weight is 327 g/mol. The minimum atomic E-state index is -4.27. The van der Waals surface area contributed by atoms with Gasteiger partial charge in [0.05, 0.1) is 17.4 Å². The van der Waals surface area contributed by atoms with Crippen LogP contribution in [0.1, 0.15) is 44.6 Å². The highest BCUT2D eigenvalue weighted by Gasteiger charge is 2.40. The average Bonchev–Trinajstić information content (AvgIpc) is 2.97. The first-order valence-corrected chi connectivity index (χ1v) is 8.77. The van der Waals surface area contributed by atoms with Gasteiger partial charge in [-0.05, 0) is 38.3 Å². The van der Waals surface area contributed by atoms with Gasteiger partial charge < -0.3 is 9.29 Å². The van der Waals surface area contributed by atoms with Crippen LogP contribution in [0.25, 0.3) is 0 Å². The van der Waals surface area contributed by atoms with Crippen molar-refractivity contribution in [3.05, 3.63) is 29.8 Å². The molecule has 0 spiro atoms. The molecule has 6 heteroatoms. The zero-order valence-electron chi connectivity index (χ0n) is 13.3. The highest BCUT2D eigenvalue weighted by Crippen LogP contribution is 2.41. The summed E-state index contributed by atoms with van der Waals surface area (Å²) in [5.41, 5.74) is 0.812. The third-order valence-electron chi connectivity index (χ3n) is 4.17. The standard InChI is InChI=1S/C9H16O2.C7H8O3S/c1-3-9(8(10)11-2)6-4-5-7-9;1-6-2-4-7(5-3-6)11(8,9)10/h3-7H2,1-2H3;2-5H,1H3,(H,8,9,10)/p-1. The van der Waals surface area contributed by atoms with E-state index in [1.807, 2.05) is 6.92 Å². The van der Waals surface area contributed by atoms with Crippen molar-refractivity contribution in [1.29, 1.82) is 0 Å². The van der Waals surface area contributed by atoms with Crippen LogP contribution in [0, 0.1) is 12.3 Å². The smallest absolute Gasteiger partial charge is 0.311 e. The topological polar surface area (TPSA) is 83.5 Å². The largest absolute Gasteiger partial charge is 0.744 e. The minimum absolute atomic E-state index is 0.00231. The van der Waals surface area contributed by atoms with Gasteiger partial charge in [0.15, 0.2) is 0 Å². The molecule has 1 fully saturated rings. The number of rotatable bonds is 3. The number of carbonyl (C=O) groups excluding carboxylic acids is 1. The van der Waals surface area contributed by atoms with Gasteiger partial charge >= 0.3 is 5.97 Å². The maximum absolute atomic E-state index is 11.3. The van der Waals surface area contributed by atoms with Crippen LogP contribution in [-0.4, -0.2) is 26.0 Å². The number of aryl methyl sites for hydroxylation is 1. The molecule has 1 aromatic carbocycles. The van der Waals surface area contributed by atoms with Crippen LogP contribution in [0.15, 0.2) is 29.2 Å². The highest BCUT2D eigenvalue weighted by atomic mass is 32.2. The number of ether oxygens (including phenoxy) is 1. The number of hydrogen-bond acceptors (Lipinski definition) is 5. The Morgan fingerprint density at radius 2 is 1.73 bits per heavy atom. The highest BCUT2D eigenvalue weighted by molar-refractivity contribution is 7.85. The molecule has 0 aromatic heterocycles. The van der Waals surface area contributed by atoms with Crippen molar-refractivity contribution in [1.82, 2.24) is 0 Å². The van der Waals surface area contributed by atoms with Crippen LogP contribution in [0.4, 0.5) is 0 Å². The van der Waals surface area contributed by atoms with E-state index in [1.54, 1.807) is 12.1 Å². The molecular weight excluding hydrogens is 304 g/mol. The van der Waals surface area contributed by atoms with Gasteiger partial charge in [0, 0.05) is 0 Å². The Kier molecular flexibility index (Phi) is 6.56. The number of esters is 1. The molecule has 2 rings (SSSR count). The van der Waals surface area contributed by atoms with E-state index in [2.05, 4.69) is 6.92 Å². The van der Waals surface area contributed by atoms with Crippen molar-refractivity contribution in [2.24, 2.45) is 5.41 Å². The number of hydrogen-bond donors (Lipinski definition) is 0. The van der Waals surface area contributed by atoms with Gasteiger partial charge in [0.1, 0.15) is 10.1 Å². The summed E-state index contributed by atoms with van der Waals surface area (Å²) in [6, 6.07) is 5.78. The second kappa shape index (κ2) is 7.74. The van der Waals surface area contributed by atoms with Crippen LogP contribution < -0.4 is 0 Å². The lowest BCUT2D eigenvalue weighted by atomic mass is 9.84. The van der Waals surface area contributed by atoms with E-state index in [4.69, 9.17) is 4.74 Å². The SMILES string of the molecule is CCC1(C(=O)OC)CCCC1.Cc1ccc(S(=O)(=O)[O-])cc1. The monoisotopic (exact) mass is 327 g/mol. The molecule has 124 valence electrons. The predicted octanol–water partition coefficient (Wildman–Crippen LogP) is 3.03. The molecular formula is C16H23O5S-. The fourth-order valence-corrected chi connectivity index (χ4v) is 3.14. The fraction of sp³-hybridized carbons (Fsp3) is 0.562. The number of methoxy groups -OCH3 is 1. The minimum Gasteiger partial charge on any atom is -0.744 e. The Morgan fingerprint density at radius 3 is 2.09 bits per heavy atom. The molecule has 0 saturated heterocycles. The lowest BCUT2D eigenvalue weighted by Crippen LogP contribution is -2.28. The number of benzene rings is 1. The van der Waals surface area contributed by atoms with Crippen molar-refractivity contribution in [2.75, 3.05) is 7.11 Å². The molecule has 1 aliphatic carbocycles. The first kappa shape index (κ1) is 18.6. The van der Waals surface area contributed by atoms with Crippen molar-refractivity contribution < 1.29 is 22.5 Å². The summed E-state index contributed by atoms with van der Waals surface area (Å²) in [6.07, 6.45) is 5.35. The van der Waals surface area contributed by atoms with E-state index in [0.717, 1.165) is 24.8 Å². The van der Waals surface area contributed by atoms with Crippen LogP contribution in [0.5, 0.6) is 0 Å². The summed E-state index contributed by atoms with van der Waals surface area (Å²) < 4.78 is 36.0. The summed E-state index contributed by atoms with van der Waals surface area (Å²) in [4.78, 5) is 11.2. The number of carbonyl (C=O) groups is 1. The van der Waals surface area contributed by atoms with Gasteiger partial charge in [-0.15, -0.1) is 0 Å². The maximum Gasteiger partial charge on any atom is 0.311 e. The van der Waals surface area contributed by atoms with Crippen LogP contribution in [0.3, 0.4) is 0 Å². The molecule has 0 atom stereocenters. The Bertz CT molecular complexity index is 583. The maximum atomic E-state index is 11.3. The zero-order valence-corrected chi connectivity index (χ0v) is 14.1. The molecule has 0 unspecified atom stereocenters. The summed E-state index contributed by atoms with van der Waals surface area (Å²) in [5, 5.41) is 0. The van der Waals surface area contributed by atoms with Crippen LogP contribution in [-0.2, 0) is 19.6 Å². The van der Waals surface area contributed by atoms with Crippen LogP contribution in [0.2, 0.25) is 0 Å². The molecule has 1 aromatic rings. The summed E-state index contributed by atoms with van der Waals surface area (Å²) in [7, 11) is -2.79. The van der Waals surface area contributed by atoms with E-state index < -0.39 is 10.1 Å². The molecule has 5 nitrogen and oxygen atoms in total. The molecule has 0 N–H and O–H groups in total. The van der Waals surface area contributed by atoms with Gasteiger partial charge in [0.2, 0.25) is 0 Å². The van der Waals surface area contributed by atoms with Gasteiger partial charge in [-0.2, -0.15) is 0 Å². The quantitative estimate of drug-likeness (QED) is 0.629. The third kappa shape index (κ3) is 4.81. The van der Waals surface area contributed by atoms with Gasteiger partial charge in [-0.1, -0.05) is 37.5 Å². The molecule has 22 heavy (non-hydrogen) atoms. The zero-order chi connectivity index (χ0) is 16.8. The first-order chi connectivity index (χ1) is 10.2. The van der Waals surface area contributed by atoms with Crippen molar-refractivity contribution in [3.63, 3.8) is 0 Å². The van der Waals surface area contributed by atoms with Crippen molar-refractivity contribution in [2.45, 2.75) is 50.8 Å². The molecule has 0 radical (unpaired) electrons. The van der Waals surface area contributed by atoms with E-state index in [-0.39, 0.29) is 16.3 Å².